The molecule has 112 valence electrons. The minimum absolute atomic E-state index is 0.152. The highest BCUT2D eigenvalue weighted by Crippen LogP contribution is 2.19. The van der Waals surface area contributed by atoms with Crippen LogP contribution in [0.25, 0.3) is 11.0 Å². The van der Waals surface area contributed by atoms with E-state index in [0.717, 1.165) is 23.1 Å². The van der Waals surface area contributed by atoms with Crippen molar-refractivity contribution in [1.82, 2.24) is 5.32 Å². The van der Waals surface area contributed by atoms with Crippen LogP contribution in [0.3, 0.4) is 0 Å². The molecule has 0 atom stereocenters. The van der Waals surface area contributed by atoms with Crippen molar-refractivity contribution in [1.29, 1.82) is 0 Å². The van der Waals surface area contributed by atoms with Gasteiger partial charge in [-0.1, -0.05) is 36.4 Å². The summed E-state index contributed by atoms with van der Waals surface area (Å²) in [6.45, 7) is 0.649. The number of benzene rings is 2. The van der Waals surface area contributed by atoms with E-state index in [1.54, 1.807) is 17.8 Å². The van der Waals surface area contributed by atoms with Crippen LogP contribution in [0.5, 0.6) is 0 Å². The van der Waals surface area contributed by atoms with Crippen LogP contribution in [0.2, 0.25) is 0 Å². The molecular formula is C18H17NO2S. The lowest BCUT2D eigenvalue weighted by molar-refractivity contribution is 0.0928. The van der Waals surface area contributed by atoms with Gasteiger partial charge in [-0.15, -0.1) is 11.8 Å². The lowest BCUT2D eigenvalue weighted by Gasteiger charge is -2.03. The maximum atomic E-state index is 12.0. The predicted octanol–water partition coefficient (Wildman–Crippen LogP) is 4.35. The SMILES string of the molecule is O=C(NCCCSc1ccccc1)c1cc2ccccc2o1. The Morgan fingerprint density at radius 3 is 2.64 bits per heavy atom. The standard InChI is InChI=1S/C18H17NO2S/c20-18(17-13-14-7-4-5-10-16(14)21-17)19-11-6-12-22-15-8-2-1-3-9-15/h1-5,7-10,13H,6,11-12H2,(H,19,20). The predicted molar refractivity (Wildman–Crippen MR) is 90.3 cm³/mol. The third kappa shape index (κ3) is 3.71. The Balaban J connectivity index is 1.44. The number of hydrogen-bond acceptors (Lipinski definition) is 3. The zero-order valence-corrected chi connectivity index (χ0v) is 12.9. The lowest BCUT2D eigenvalue weighted by Crippen LogP contribution is -2.24. The Morgan fingerprint density at radius 1 is 1.05 bits per heavy atom. The zero-order valence-electron chi connectivity index (χ0n) is 12.1. The zero-order chi connectivity index (χ0) is 15.2. The van der Waals surface area contributed by atoms with Gasteiger partial charge in [0.1, 0.15) is 5.58 Å². The molecule has 0 saturated carbocycles. The van der Waals surface area contributed by atoms with Crippen molar-refractivity contribution in [3.63, 3.8) is 0 Å². The minimum Gasteiger partial charge on any atom is -0.451 e. The molecule has 2 aromatic carbocycles. The van der Waals surface area contributed by atoms with E-state index in [-0.39, 0.29) is 5.91 Å². The van der Waals surface area contributed by atoms with E-state index in [9.17, 15) is 4.79 Å². The number of rotatable bonds is 6. The van der Waals surface area contributed by atoms with Gasteiger partial charge in [0.25, 0.3) is 5.91 Å². The fourth-order valence-corrected chi connectivity index (χ4v) is 3.04. The highest BCUT2D eigenvalue weighted by Gasteiger charge is 2.10. The number of carbonyl (C=O) groups excluding carboxylic acids is 1. The van der Waals surface area contributed by atoms with E-state index in [1.165, 1.54) is 4.90 Å². The first-order valence-corrected chi connectivity index (χ1v) is 8.26. The third-order valence-corrected chi connectivity index (χ3v) is 4.37. The highest BCUT2D eigenvalue weighted by molar-refractivity contribution is 7.99. The van der Waals surface area contributed by atoms with Crippen molar-refractivity contribution >= 4 is 28.6 Å². The minimum atomic E-state index is -0.152. The van der Waals surface area contributed by atoms with E-state index in [0.29, 0.717) is 12.3 Å². The fourth-order valence-electron chi connectivity index (χ4n) is 2.16. The van der Waals surface area contributed by atoms with Gasteiger partial charge < -0.3 is 9.73 Å². The van der Waals surface area contributed by atoms with Crippen LogP contribution in [0.1, 0.15) is 17.0 Å². The summed E-state index contributed by atoms with van der Waals surface area (Å²) in [5, 5.41) is 3.85. The van der Waals surface area contributed by atoms with E-state index >= 15 is 0 Å². The Bertz CT molecular complexity index is 719. The summed E-state index contributed by atoms with van der Waals surface area (Å²) in [5.74, 6) is 1.20. The van der Waals surface area contributed by atoms with Crippen molar-refractivity contribution in [2.45, 2.75) is 11.3 Å². The smallest absolute Gasteiger partial charge is 0.287 e. The molecule has 0 aliphatic heterocycles. The number of fused-ring (bicyclic) bond motifs is 1. The van der Waals surface area contributed by atoms with Crippen molar-refractivity contribution in [2.24, 2.45) is 0 Å². The fraction of sp³-hybridized carbons (Fsp3) is 0.167. The molecule has 0 aliphatic carbocycles. The van der Waals surface area contributed by atoms with E-state index in [2.05, 4.69) is 17.4 Å². The van der Waals surface area contributed by atoms with Crippen LogP contribution < -0.4 is 5.32 Å². The molecule has 0 fully saturated rings. The molecule has 0 radical (unpaired) electrons. The van der Waals surface area contributed by atoms with Gasteiger partial charge in [0.2, 0.25) is 0 Å². The number of furan rings is 1. The molecule has 3 nitrogen and oxygen atoms in total. The van der Waals surface area contributed by atoms with Crippen molar-refractivity contribution in [3.8, 4) is 0 Å². The van der Waals surface area contributed by atoms with Gasteiger partial charge in [-0.05, 0) is 36.4 Å². The quantitative estimate of drug-likeness (QED) is 0.544. The van der Waals surface area contributed by atoms with Crippen LogP contribution in [-0.4, -0.2) is 18.2 Å². The number of nitrogens with one attached hydrogen (secondary N) is 1. The molecule has 22 heavy (non-hydrogen) atoms. The van der Waals surface area contributed by atoms with Crippen LogP contribution in [0.15, 0.2) is 70.0 Å². The second-order valence-electron chi connectivity index (χ2n) is 4.92. The molecule has 4 heteroatoms. The molecule has 0 saturated heterocycles. The van der Waals surface area contributed by atoms with Gasteiger partial charge in [-0.25, -0.2) is 0 Å². The summed E-state index contributed by atoms with van der Waals surface area (Å²) in [6, 6.07) is 19.7. The number of amides is 1. The second kappa shape index (κ2) is 7.18. The summed E-state index contributed by atoms with van der Waals surface area (Å²) in [5.41, 5.74) is 0.743. The van der Waals surface area contributed by atoms with Crippen LogP contribution >= 0.6 is 11.8 Å². The summed E-state index contributed by atoms with van der Waals surface area (Å²) < 4.78 is 5.54. The molecular weight excluding hydrogens is 294 g/mol. The largest absolute Gasteiger partial charge is 0.451 e. The highest BCUT2D eigenvalue weighted by atomic mass is 32.2. The molecule has 1 amide bonds. The molecule has 3 rings (SSSR count). The summed E-state index contributed by atoms with van der Waals surface area (Å²) in [6.07, 6.45) is 0.922. The third-order valence-electron chi connectivity index (χ3n) is 3.27. The van der Waals surface area contributed by atoms with Crippen LogP contribution in [-0.2, 0) is 0 Å². The van der Waals surface area contributed by atoms with E-state index in [4.69, 9.17) is 4.42 Å². The number of carbonyl (C=O) groups is 1. The van der Waals surface area contributed by atoms with Gasteiger partial charge >= 0.3 is 0 Å². The number of para-hydroxylation sites is 1. The molecule has 0 spiro atoms. The Morgan fingerprint density at radius 2 is 1.82 bits per heavy atom. The Hall–Kier alpha value is -2.20. The van der Waals surface area contributed by atoms with Crippen molar-refractivity contribution in [2.75, 3.05) is 12.3 Å². The van der Waals surface area contributed by atoms with E-state index in [1.807, 2.05) is 42.5 Å². The summed E-state index contributed by atoms with van der Waals surface area (Å²) in [7, 11) is 0. The maximum Gasteiger partial charge on any atom is 0.287 e. The van der Waals surface area contributed by atoms with Crippen LogP contribution in [0, 0.1) is 0 Å². The normalized spacial score (nSPS) is 10.7. The van der Waals surface area contributed by atoms with Gasteiger partial charge in [0.15, 0.2) is 5.76 Å². The van der Waals surface area contributed by atoms with Gasteiger partial charge in [0, 0.05) is 16.8 Å². The van der Waals surface area contributed by atoms with Crippen molar-refractivity contribution in [3.05, 3.63) is 66.4 Å². The van der Waals surface area contributed by atoms with Crippen LogP contribution in [0.4, 0.5) is 0 Å². The molecule has 1 N–H and O–H groups in total. The van der Waals surface area contributed by atoms with Gasteiger partial charge in [-0.3, -0.25) is 4.79 Å². The van der Waals surface area contributed by atoms with Gasteiger partial charge in [0.05, 0.1) is 0 Å². The first-order chi connectivity index (χ1) is 10.8. The first kappa shape index (κ1) is 14.7. The summed E-state index contributed by atoms with van der Waals surface area (Å²) in [4.78, 5) is 13.3. The molecule has 0 bridgehead atoms. The lowest BCUT2D eigenvalue weighted by atomic mass is 10.2. The average Bonchev–Trinajstić information content (AvgIpc) is 2.99. The molecule has 0 aliphatic rings. The molecule has 1 heterocycles. The number of thioether (sulfide) groups is 1. The molecule has 3 aromatic rings. The monoisotopic (exact) mass is 311 g/mol. The number of hydrogen-bond donors (Lipinski definition) is 1. The first-order valence-electron chi connectivity index (χ1n) is 7.27. The average molecular weight is 311 g/mol. The topological polar surface area (TPSA) is 42.2 Å². The Labute approximate surface area is 133 Å². The molecule has 1 aromatic heterocycles. The summed E-state index contributed by atoms with van der Waals surface area (Å²) >= 11 is 1.80. The van der Waals surface area contributed by atoms with Crippen molar-refractivity contribution < 1.29 is 9.21 Å². The maximum absolute atomic E-state index is 12.0. The molecule has 0 unspecified atom stereocenters. The van der Waals surface area contributed by atoms with E-state index < -0.39 is 0 Å². The Kier molecular flexibility index (Phi) is 4.81. The van der Waals surface area contributed by atoms with Gasteiger partial charge in [-0.2, -0.15) is 0 Å². The second-order valence-corrected chi connectivity index (χ2v) is 6.09.